The lowest BCUT2D eigenvalue weighted by Gasteiger charge is -2.23. The van der Waals surface area contributed by atoms with Gasteiger partial charge in [-0.25, -0.2) is 4.79 Å². The average Bonchev–Trinajstić information content (AvgIpc) is 2.73. The van der Waals surface area contributed by atoms with Crippen LogP contribution >= 0.6 is 0 Å². The van der Waals surface area contributed by atoms with Crippen LogP contribution in [-0.2, 0) is 14.3 Å². The van der Waals surface area contributed by atoms with Crippen LogP contribution in [0.2, 0.25) is 0 Å². The highest BCUT2D eigenvalue weighted by atomic mass is 16.7. The van der Waals surface area contributed by atoms with Gasteiger partial charge in [0.25, 0.3) is 0 Å². The van der Waals surface area contributed by atoms with Gasteiger partial charge in [-0.05, 0) is 30.7 Å². The Morgan fingerprint density at radius 1 is 1.14 bits per heavy atom. The van der Waals surface area contributed by atoms with Crippen molar-refractivity contribution in [2.45, 2.75) is 12.7 Å². The molecule has 0 radical (unpaired) electrons. The molecule has 1 fully saturated rings. The molecule has 3 rings (SSSR count). The maximum atomic E-state index is 12.1. The maximum absolute atomic E-state index is 12.1. The largest absolute Gasteiger partial charge is 0.493 e. The Kier molecular flexibility index (Phi) is 6.41. The van der Waals surface area contributed by atoms with Gasteiger partial charge in [0.05, 0.1) is 25.2 Å². The second-order valence-electron chi connectivity index (χ2n) is 5.82. The molecular formula is C19H19NO8. The van der Waals surface area contributed by atoms with Gasteiger partial charge in [-0.1, -0.05) is 12.1 Å². The van der Waals surface area contributed by atoms with Crippen molar-refractivity contribution in [3.8, 4) is 17.2 Å². The predicted octanol–water partition coefficient (Wildman–Crippen LogP) is 3.02. The average molecular weight is 389 g/mol. The van der Waals surface area contributed by atoms with Crippen LogP contribution in [0, 0.1) is 10.1 Å². The maximum Gasteiger partial charge on any atom is 0.349 e. The molecule has 0 aromatic heterocycles. The minimum atomic E-state index is -0.785. The molecule has 0 N–H and O–H groups in total. The van der Waals surface area contributed by atoms with Crippen molar-refractivity contribution in [2.24, 2.45) is 0 Å². The van der Waals surface area contributed by atoms with E-state index in [0.717, 1.165) is 6.42 Å². The van der Waals surface area contributed by atoms with E-state index in [1.807, 2.05) is 0 Å². The summed E-state index contributed by atoms with van der Waals surface area (Å²) in [7, 11) is 1.48. The van der Waals surface area contributed by atoms with Crippen molar-refractivity contribution in [3.05, 3.63) is 58.1 Å². The second kappa shape index (κ2) is 9.16. The molecule has 0 saturated carbocycles. The normalized spacial score (nSPS) is 14.3. The summed E-state index contributed by atoms with van der Waals surface area (Å²) in [5.74, 6) is -0.151. The Hall–Kier alpha value is -3.17. The van der Waals surface area contributed by atoms with Crippen LogP contribution < -0.4 is 14.2 Å². The van der Waals surface area contributed by atoms with E-state index in [0.29, 0.717) is 30.3 Å². The number of carbonyl (C=O) groups is 1. The highest BCUT2D eigenvalue weighted by Gasteiger charge is 2.24. The van der Waals surface area contributed by atoms with Crippen molar-refractivity contribution in [1.29, 1.82) is 0 Å². The smallest absolute Gasteiger partial charge is 0.349 e. The standard InChI is InChI=1S/C19H19NO8/c1-24-16-5-2-3-6-17(16)27-12-18(21)28-15-8-7-13(11-14(15)20(22)23)19-25-9-4-10-26-19/h2-3,5-8,11,19H,4,9-10,12H2,1H3. The van der Waals surface area contributed by atoms with Gasteiger partial charge in [0.1, 0.15) is 0 Å². The summed E-state index contributed by atoms with van der Waals surface area (Å²) in [6.45, 7) is 0.582. The fraction of sp³-hybridized carbons (Fsp3) is 0.316. The van der Waals surface area contributed by atoms with Crippen LogP contribution in [-0.4, -0.2) is 37.8 Å². The van der Waals surface area contributed by atoms with Gasteiger partial charge in [0.2, 0.25) is 5.75 Å². The number of ether oxygens (including phenoxy) is 5. The summed E-state index contributed by atoms with van der Waals surface area (Å²) in [6, 6.07) is 11.0. The Balaban J connectivity index is 1.68. The zero-order chi connectivity index (χ0) is 19.9. The molecule has 0 spiro atoms. The highest BCUT2D eigenvalue weighted by Crippen LogP contribution is 2.33. The lowest BCUT2D eigenvalue weighted by atomic mass is 10.1. The van der Waals surface area contributed by atoms with E-state index >= 15 is 0 Å². The van der Waals surface area contributed by atoms with E-state index in [4.69, 9.17) is 23.7 Å². The summed E-state index contributed by atoms with van der Waals surface area (Å²) in [6.07, 6.45) is 0.0894. The third-order valence-electron chi connectivity index (χ3n) is 3.92. The number of benzene rings is 2. The van der Waals surface area contributed by atoms with Crippen LogP contribution in [0.15, 0.2) is 42.5 Å². The molecule has 28 heavy (non-hydrogen) atoms. The molecule has 2 aromatic rings. The summed E-state index contributed by atoms with van der Waals surface area (Å²) in [5.41, 5.74) is 0.123. The SMILES string of the molecule is COc1ccccc1OCC(=O)Oc1ccc(C2OCCCO2)cc1[N+](=O)[O-]. The molecular weight excluding hydrogens is 370 g/mol. The first-order valence-electron chi connectivity index (χ1n) is 8.56. The molecule has 148 valence electrons. The van der Waals surface area contributed by atoms with E-state index in [2.05, 4.69) is 0 Å². The first-order chi connectivity index (χ1) is 13.6. The van der Waals surface area contributed by atoms with Gasteiger partial charge in [-0.2, -0.15) is 0 Å². The minimum absolute atomic E-state index is 0.182. The lowest BCUT2D eigenvalue weighted by Crippen LogP contribution is -2.19. The van der Waals surface area contributed by atoms with Crippen molar-refractivity contribution in [2.75, 3.05) is 26.9 Å². The number of carbonyl (C=O) groups excluding carboxylic acids is 1. The van der Waals surface area contributed by atoms with Gasteiger partial charge in [0, 0.05) is 11.6 Å². The predicted molar refractivity (Wildman–Crippen MR) is 96.5 cm³/mol. The molecule has 1 aliphatic rings. The first-order valence-corrected chi connectivity index (χ1v) is 8.56. The molecule has 0 bridgehead atoms. The molecule has 9 heteroatoms. The van der Waals surface area contributed by atoms with Crippen LogP contribution in [0.4, 0.5) is 5.69 Å². The molecule has 0 atom stereocenters. The van der Waals surface area contributed by atoms with Crippen molar-refractivity contribution in [1.82, 2.24) is 0 Å². The number of nitrogens with zero attached hydrogens (tertiary/aromatic N) is 1. The Morgan fingerprint density at radius 2 is 1.86 bits per heavy atom. The Morgan fingerprint density at radius 3 is 2.54 bits per heavy atom. The molecule has 9 nitrogen and oxygen atoms in total. The Bertz CT molecular complexity index is 848. The monoisotopic (exact) mass is 389 g/mol. The molecule has 0 aliphatic carbocycles. The lowest BCUT2D eigenvalue weighted by molar-refractivity contribution is -0.385. The number of para-hydroxylation sites is 2. The number of hydrogen-bond donors (Lipinski definition) is 0. The van der Waals surface area contributed by atoms with Crippen LogP contribution in [0.1, 0.15) is 18.3 Å². The van der Waals surface area contributed by atoms with Gasteiger partial charge < -0.3 is 23.7 Å². The number of nitro groups is 1. The Labute approximate surface area is 160 Å². The zero-order valence-corrected chi connectivity index (χ0v) is 15.2. The van der Waals surface area contributed by atoms with E-state index in [9.17, 15) is 14.9 Å². The van der Waals surface area contributed by atoms with Gasteiger partial charge in [-0.3, -0.25) is 10.1 Å². The van der Waals surface area contributed by atoms with E-state index in [1.54, 1.807) is 30.3 Å². The van der Waals surface area contributed by atoms with Gasteiger partial charge in [0.15, 0.2) is 24.4 Å². The van der Waals surface area contributed by atoms with E-state index in [1.165, 1.54) is 19.2 Å². The molecule has 1 aliphatic heterocycles. The molecule has 1 heterocycles. The van der Waals surface area contributed by atoms with Crippen LogP contribution in [0.5, 0.6) is 17.2 Å². The number of rotatable bonds is 7. The minimum Gasteiger partial charge on any atom is -0.493 e. The number of hydrogen-bond acceptors (Lipinski definition) is 8. The highest BCUT2D eigenvalue weighted by molar-refractivity contribution is 5.75. The van der Waals surface area contributed by atoms with Gasteiger partial charge >= 0.3 is 11.7 Å². The molecule has 0 unspecified atom stereocenters. The van der Waals surface area contributed by atoms with Gasteiger partial charge in [-0.15, -0.1) is 0 Å². The van der Waals surface area contributed by atoms with Crippen molar-refractivity contribution in [3.63, 3.8) is 0 Å². The van der Waals surface area contributed by atoms with Crippen molar-refractivity contribution >= 4 is 11.7 Å². The summed E-state index contributed by atoms with van der Waals surface area (Å²) in [5, 5.41) is 11.4. The van der Waals surface area contributed by atoms with Crippen LogP contribution in [0.3, 0.4) is 0 Å². The third kappa shape index (κ3) is 4.76. The topological polar surface area (TPSA) is 106 Å². The summed E-state index contributed by atoms with van der Waals surface area (Å²) < 4.78 is 26.5. The molecule has 2 aromatic carbocycles. The number of esters is 1. The fourth-order valence-corrected chi connectivity index (χ4v) is 2.62. The molecule has 1 saturated heterocycles. The zero-order valence-electron chi connectivity index (χ0n) is 15.2. The number of nitro benzene ring substituents is 1. The summed E-state index contributed by atoms with van der Waals surface area (Å²) >= 11 is 0. The quantitative estimate of drug-likeness (QED) is 0.308. The van der Waals surface area contributed by atoms with E-state index in [-0.39, 0.29) is 11.4 Å². The molecule has 0 amide bonds. The van der Waals surface area contributed by atoms with E-state index < -0.39 is 23.8 Å². The van der Waals surface area contributed by atoms with Crippen molar-refractivity contribution < 1.29 is 33.4 Å². The number of methoxy groups -OCH3 is 1. The third-order valence-corrected chi connectivity index (χ3v) is 3.92. The van der Waals surface area contributed by atoms with Crippen LogP contribution in [0.25, 0.3) is 0 Å². The second-order valence-corrected chi connectivity index (χ2v) is 5.82. The fourth-order valence-electron chi connectivity index (χ4n) is 2.62. The summed E-state index contributed by atoms with van der Waals surface area (Å²) in [4.78, 5) is 22.8. The first kappa shape index (κ1) is 19.6.